The fourth-order valence-electron chi connectivity index (χ4n) is 3.89. The van der Waals surface area contributed by atoms with Crippen molar-refractivity contribution in [2.75, 3.05) is 5.32 Å². The Morgan fingerprint density at radius 2 is 1.84 bits per heavy atom. The lowest BCUT2D eigenvalue weighted by atomic mass is 10.1. The van der Waals surface area contributed by atoms with E-state index in [1.807, 2.05) is 24.3 Å². The molecule has 2 aliphatic carbocycles. The Hall–Kier alpha value is -3.43. The van der Waals surface area contributed by atoms with E-state index in [0.717, 1.165) is 23.2 Å². The van der Waals surface area contributed by atoms with Crippen LogP contribution in [0.2, 0.25) is 0 Å². The normalized spacial score (nSPS) is 21.2. The van der Waals surface area contributed by atoms with Gasteiger partial charge in [0, 0.05) is 11.8 Å². The van der Waals surface area contributed by atoms with Gasteiger partial charge in [0.05, 0.1) is 22.3 Å². The maximum Gasteiger partial charge on any atom is 0.419 e. The van der Waals surface area contributed by atoms with Gasteiger partial charge in [0.1, 0.15) is 11.4 Å². The summed E-state index contributed by atoms with van der Waals surface area (Å²) in [5.74, 6) is -2.36. The molecule has 32 heavy (non-hydrogen) atoms. The van der Waals surface area contributed by atoms with E-state index in [2.05, 4.69) is 20.6 Å². The summed E-state index contributed by atoms with van der Waals surface area (Å²) in [5, 5.41) is 4.91. The maximum atomic E-state index is 14.2. The van der Waals surface area contributed by atoms with Crippen molar-refractivity contribution in [3.63, 3.8) is 0 Å². The minimum atomic E-state index is -4.88. The van der Waals surface area contributed by atoms with Crippen LogP contribution in [0, 0.1) is 11.7 Å². The molecule has 3 aromatic rings. The third-order valence-corrected chi connectivity index (χ3v) is 5.99. The number of fused-ring (bicyclic) bond motifs is 1. The van der Waals surface area contributed by atoms with Crippen molar-refractivity contribution in [1.82, 2.24) is 15.3 Å². The monoisotopic (exact) mass is 446 g/mol. The molecule has 1 heterocycles. The van der Waals surface area contributed by atoms with E-state index in [1.54, 1.807) is 0 Å². The van der Waals surface area contributed by atoms with Crippen molar-refractivity contribution in [2.45, 2.75) is 36.9 Å². The molecule has 0 radical (unpaired) electrons. The van der Waals surface area contributed by atoms with E-state index in [9.17, 15) is 27.2 Å². The van der Waals surface area contributed by atoms with Gasteiger partial charge in [0.2, 0.25) is 11.8 Å². The Labute approximate surface area is 179 Å². The number of imidazole rings is 1. The Morgan fingerprint density at radius 3 is 2.53 bits per heavy atom. The number of carbonyl (C=O) groups is 2. The third-order valence-electron chi connectivity index (χ3n) is 5.99. The van der Waals surface area contributed by atoms with Gasteiger partial charge in [-0.1, -0.05) is 18.2 Å². The number of hydrogen-bond donors (Lipinski definition) is 3. The molecular weight excluding hydrogens is 428 g/mol. The molecule has 2 aliphatic rings. The second-order valence-corrected chi connectivity index (χ2v) is 8.28. The summed E-state index contributed by atoms with van der Waals surface area (Å²) in [5.41, 5.74) is -1.60. The van der Waals surface area contributed by atoms with E-state index in [0.29, 0.717) is 31.2 Å². The lowest BCUT2D eigenvalue weighted by molar-refractivity contribution is -0.140. The van der Waals surface area contributed by atoms with Crippen LogP contribution in [0.25, 0.3) is 11.0 Å². The minimum Gasteiger partial charge on any atom is -0.342 e. The zero-order chi connectivity index (χ0) is 22.7. The average Bonchev–Trinajstić information content (AvgIpc) is 3.65. The highest BCUT2D eigenvalue weighted by molar-refractivity contribution is 6.03. The number of anilines is 1. The van der Waals surface area contributed by atoms with Gasteiger partial charge < -0.3 is 15.6 Å². The number of alkyl halides is 3. The van der Waals surface area contributed by atoms with E-state index < -0.39 is 34.7 Å². The Balaban J connectivity index is 1.25. The fourth-order valence-corrected chi connectivity index (χ4v) is 3.89. The summed E-state index contributed by atoms with van der Waals surface area (Å²) in [7, 11) is 0. The number of nitrogens with zero attached hydrogens (tertiary/aromatic N) is 1. The quantitative estimate of drug-likeness (QED) is 0.516. The number of rotatable bonds is 5. The summed E-state index contributed by atoms with van der Waals surface area (Å²) in [6, 6.07) is 10.2. The zero-order valence-electron chi connectivity index (χ0n) is 16.6. The predicted molar refractivity (Wildman–Crippen MR) is 107 cm³/mol. The summed E-state index contributed by atoms with van der Waals surface area (Å²) in [6.07, 6.45) is -3.65. The highest BCUT2D eigenvalue weighted by Gasteiger charge is 2.55. The maximum absolute atomic E-state index is 14.2. The van der Waals surface area contributed by atoms with E-state index in [-0.39, 0.29) is 17.7 Å². The largest absolute Gasteiger partial charge is 0.419 e. The molecule has 0 bridgehead atoms. The van der Waals surface area contributed by atoms with Crippen LogP contribution in [0.15, 0.2) is 42.5 Å². The summed E-state index contributed by atoms with van der Waals surface area (Å²) in [6.45, 7) is 0. The van der Waals surface area contributed by atoms with E-state index in [4.69, 9.17) is 0 Å². The van der Waals surface area contributed by atoms with Crippen molar-refractivity contribution in [3.05, 3.63) is 59.7 Å². The molecule has 2 amide bonds. The first-order valence-electron chi connectivity index (χ1n) is 10.1. The SMILES string of the molecule is O=C(NC1(C(=O)Nc2cccc(C(F)(F)F)c2F)CC1)[C@H]1C[C@@H]1c1nc2ccccc2[nH]1. The number of benzene rings is 2. The van der Waals surface area contributed by atoms with Crippen molar-refractivity contribution < 1.29 is 27.2 Å². The number of H-pyrrole nitrogens is 1. The van der Waals surface area contributed by atoms with Gasteiger partial charge in [-0.2, -0.15) is 13.2 Å². The lowest BCUT2D eigenvalue weighted by Crippen LogP contribution is -2.47. The minimum absolute atomic E-state index is 0.0952. The Kier molecular flexibility index (Phi) is 4.51. The second kappa shape index (κ2) is 7.04. The molecule has 10 heteroatoms. The van der Waals surface area contributed by atoms with Crippen LogP contribution in [-0.2, 0) is 15.8 Å². The molecule has 6 nitrogen and oxygen atoms in total. The molecular formula is C22H18F4N4O2. The predicted octanol–water partition coefficient (Wildman–Crippen LogP) is 4.11. The molecule has 0 spiro atoms. The standard InChI is InChI=1S/C22H18F4N4O2/c23-17-13(22(24,25)26)4-3-7-16(17)29-20(32)21(8-9-21)30-19(31)12-10-11(12)18-27-14-5-1-2-6-15(14)28-18/h1-7,11-12H,8-10H2,(H,27,28)(H,29,32)(H,30,31)/t11-,12-/m0/s1. The number of hydrogen-bond acceptors (Lipinski definition) is 3. The fraction of sp³-hybridized carbons (Fsp3) is 0.318. The van der Waals surface area contributed by atoms with Crippen LogP contribution in [-0.4, -0.2) is 27.3 Å². The molecule has 2 aromatic carbocycles. The molecule has 0 saturated heterocycles. The highest BCUT2D eigenvalue weighted by Crippen LogP contribution is 2.48. The van der Waals surface area contributed by atoms with Crippen LogP contribution in [0.3, 0.4) is 0 Å². The molecule has 2 saturated carbocycles. The van der Waals surface area contributed by atoms with Crippen molar-refractivity contribution in [2.24, 2.45) is 5.92 Å². The van der Waals surface area contributed by atoms with Gasteiger partial charge in [0.15, 0.2) is 5.82 Å². The highest BCUT2D eigenvalue weighted by atomic mass is 19.4. The molecule has 0 aliphatic heterocycles. The number of nitrogens with one attached hydrogen (secondary N) is 3. The molecule has 1 aromatic heterocycles. The molecule has 0 unspecified atom stereocenters. The number of para-hydroxylation sites is 2. The van der Waals surface area contributed by atoms with Gasteiger partial charge in [-0.25, -0.2) is 9.37 Å². The first-order valence-corrected chi connectivity index (χ1v) is 10.1. The first kappa shape index (κ1) is 20.5. The van der Waals surface area contributed by atoms with Crippen molar-refractivity contribution in [3.8, 4) is 0 Å². The molecule has 2 atom stereocenters. The van der Waals surface area contributed by atoms with Crippen LogP contribution < -0.4 is 10.6 Å². The topological polar surface area (TPSA) is 86.9 Å². The van der Waals surface area contributed by atoms with Crippen LogP contribution in [0.1, 0.15) is 36.6 Å². The number of carbonyl (C=O) groups excluding carboxylic acids is 2. The Bertz CT molecular complexity index is 1200. The summed E-state index contributed by atoms with van der Waals surface area (Å²) < 4.78 is 53.0. The van der Waals surface area contributed by atoms with Crippen LogP contribution in [0.5, 0.6) is 0 Å². The number of aromatic nitrogens is 2. The average molecular weight is 446 g/mol. The van der Waals surface area contributed by atoms with Crippen LogP contribution >= 0.6 is 0 Å². The molecule has 3 N–H and O–H groups in total. The second-order valence-electron chi connectivity index (χ2n) is 8.28. The van der Waals surface area contributed by atoms with Gasteiger partial charge in [-0.15, -0.1) is 0 Å². The van der Waals surface area contributed by atoms with Crippen molar-refractivity contribution >= 4 is 28.5 Å². The van der Waals surface area contributed by atoms with Gasteiger partial charge in [0.25, 0.3) is 0 Å². The zero-order valence-corrected chi connectivity index (χ0v) is 16.6. The smallest absolute Gasteiger partial charge is 0.342 e. The van der Waals surface area contributed by atoms with E-state index in [1.165, 1.54) is 0 Å². The number of amides is 2. The van der Waals surface area contributed by atoms with E-state index >= 15 is 0 Å². The van der Waals surface area contributed by atoms with Gasteiger partial charge in [-0.05, 0) is 43.5 Å². The summed E-state index contributed by atoms with van der Waals surface area (Å²) in [4.78, 5) is 33.1. The van der Waals surface area contributed by atoms with Crippen molar-refractivity contribution in [1.29, 1.82) is 0 Å². The molecule has 5 rings (SSSR count). The summed E-state index contributed by atoms with van der Waals surface area (Å²) >= 11 is 0. The van der Waals surface area contributed by atoms with Gasteiger partial charge >= 0.3 is 6.18 Å². The first-order chi connectivity index (χ1) is 15.2. The molecule has 2 fully saturated rings. The van der Waals surface area contributed by atoms with Crippen LogP contribution in [0.4, 0.5) is 23.2 Å². The third kappa shape index (κ3) is 3.59. The molecule has 166 valence electrons. The number of aromatic amines is 1. The van der Waals surface area contributed by atoms with Gasteiger partial charge in [-0.3, -0.25) is 9.59 Å². The lowest BCUT2D eigenvalue weighted by Gasteiger charge is -2.18. The Morgan fingerprint density at radius 1 is 1.09 bits per heavy atom. The number of halogens is 4.